The SMILES string of the molecule is CCOc1cc(NC(=NC)NCCc2ccccc2C)ccc1OC.I. The van der Waals surface area contributed by atoms with Crippen molar-refractivity contribution >= 4 is 35.6 Å². The highest BCUT2D eigenvalue weighted by atomic mass is 127. The van der Waals surface area contributed by atoms with E-state index < -0.39 is 0 Å². The molecule has 0 radical (unpaired) electrons. The van der Waals surface area contributed by atoms with Crippen LogP contribution in [0.3, 0.4) is 0 Å². The predicted octanol–water partition coefficient (Wildman–Crippen LogP) is 4.25. The number of aliphatic imine (C=N–C) groups is 1. The third-order valence-electron chi connectivity index (χ3n) is 3.90. The zero-order valence-corrected chi connectivity index (χ0v) is 18.2. The maximum Gasteiger partial charge on any atom is 0.195 e. The Labute approximate surface area is 173 Å². The second-order valence-corrected chi connectivity index (χ2v) is 5.60. The first kappa shape index (κ1) is 22.1. The average Bonchev–Trinajstić information content (AvgIpc) is 2.63. The molecule has 0 aliphatic carbocycles. The molecule has 0 bridgehead atoms. The summed E-state index contributed by atoms with van der Waals surface area (Å²) in [4.78, 5) is 4.28. The van der Waals surface area contributed by atoms with Gasteiger partial charge in [-0.3, -0.25) is 4.99 Å². The van der Waals surface area contributed by atoms with Gasteiger partial charge in [0.1, 0.15) is 0 Å². The van der Waals surface area contributed by atoms with Gasteiger partial charge in [-0.15, -0.1) is 24.0 Å². The van der Waals surface area contributed by atoms with Crippen molar-refractivity contribution in [1.82, 2.24) is 5.32 Å². The first-order valence-electron chi connectivity index (χ1n) is 8.51. The summed E-state index contributed by atoms with van der Waals surface area (Å²) in [6.07, 6.45) is 0.945. The quantitative estimate of drug-likeness (QED) is 0.362. The summed E-state index contributed by atoms with van der Waals surface area (Å²) in [6, 6.07) is 14.2. The van der Waals surface area contributed by atoms with E-state index in [4.69, 9.17) is 9.47 Å². The standard InChI is InChI=1S/C20H27N3O2.HI/c1-5-25-19-14-17(10-11-18(19)24-4)23-20(21-3)22-13-12-16-9-7-6-8-15(16)2;/h6-11,14H,5,12-13H2,1-4H3,(H2,21,22,23);1H. The number of anilines is 1. The Morgan fingerprint density at radius 1 is 1.12 bits per heavy atom. The fraction of sp³-hybridized carbons (Fsp3) is 0.350. The van der Waals surface area contributed by atoms with E-state index in [9.17, 15) is 0 Å². The normalized spacial score (nSPS) is 10.7. The molecule has 6 heteroatoms. The first-order valence-corrected chi connectivity index (χ1v) is 8.51. The van der Waals surface area contributed by atoms with Crippen LogP contribution >= 0.6 is 24.0 Å². The maximum absolute atomic E-state index is 5.61. The second-order valence-electron chi connectivity index (χ2n) is 5.60. The van der Waals surface area contributed by atoms with Gasteiger partial charge in [-0.25, -0.2) is 0 Å². The van der Waals surface area contributed by atoms with Crippen LogP contribution in [0.2, 0.25) is 0 Å². The third kappa shape index (κ3) is 6.40. The molecule has 0 aromatic heterocycles. The fourth-order valence-electron chi connectivity index (χ4n) is 2.54. The van der Waals surface area contributed by atoms with Gasteiger partial charge < -0.3 is 20.1 Å². The average molecular weight is 469 g/mol. The van der Waals surface area contributed by atoms with Gasteiger partial charge in [0.15, 0.2) is 17.5 Å². The molecule has 0 aliphatic heterocycles. The Morgan fingerprint density at radius 3 is 2.54 bits per heavy atom. The molecule has 0 heterocycles. The first-order chi connectivity index (χ1) is 12.2. The monoisotopic (exact) mass is 469 g/mol. The minimum atomic E-state index is 0. The second kappa shape index (κ2) is 11.6. The van der Waals surface area contributed by atoms with Crippen LogP contribution in [-0.4, -0.2) is 33.3 Å². The Bertz CT molecular complexity index is 720. The van der Waals surface area contributed by atoms with Crippen molar-refractivity contribution in [2.75, 3.05) is 32.6 Å². The molecule has 0 unspecified atom stereocenters. The molecule has 142 valence electrons. The van der Waals surface area contributed by atoms with E-state index in [-0.39, 0.29) is 24.0 Å². The molecular formula is C20H28IN3O2. The van der Waals surface area contributed by atoms with E-state index in [1.54, 1.807) is 14.2 Å². The zero-order valence-electron chi connectivity index (χ0n) is 15.8. The van der Waals surface area contributed by atoms with Crippen LogP contribution in [0.25, 0.3) is 0 Å². The van der Waals surface area contributed by atoms with Crippen molar-refractivity contribution < 1.29 is 9.47 Å². The summed E-state index contributed by atoms with van der Waals surface area (Å²) in [5, 5.41) is 6.62. The molecule has 0 saturated carbocycles. The van der Waals surface area contributed by atoms with Gasteiger partial charge in [0.05, 0.1) is 13.7 Å². The lowest BCUT2D eigenvalue weighted by Crippen LogP contribution is -2.32. The fourth-order valence-corrected chi connectivity index (χ4v) is 2.54. The smallest absolute Gasteiger partial charge is 0.195 e. The summed E-state index contributed by atoms with van der Waals surface area (Å²) in [5.74, 6) is 2.15. The van der Waals surface area contributed by atoms with E-state index in [0.29, 0.717) is 12.4 Å². The van der Waals surface area contributed by atoms with Crippen LogP contribution < -0.4 is 20.1 Å². The number of nitrogens with one attached hydrogen (secondary N) is 2. The van der Waals surface area contributed by atoms with Gasteiger partial charge in [0.2, 0.25) is 0 Å². The van der Waals surface area contributed by atoms with E-state index in [0.717, 1.165) is 30.4 Å². The Morgan fingerprint density at radius 2 is 1.88 bits per heavy atom. The highest BCUT2D eigenvalue weighted by Crippen LogP contribution is 2.30. The van der Waals surface area contributed by atoms with Gasteiger partial charge in [-0.1, -0.05) is 24.3 Å². The molecule has 26 heavy (non-hydrogen) atoms. The van der Waals surface area contributed by atoms with Gasteiger partial charge in [0.25, 0.3) is 0 Å². The van der Waals surface area contributed by atoms with E-state index in [1.807, 2.05) is 25.1 Å². The zero-order chi connectivity index (χ0) is 18.1. The summed E-state index contributed by atoms with van der Waals surface area (Å²) in [5.41, 5.74) is 3.55. The Hall–Kier alpha value is -1.96. The lowest BCUT2D eigenvalue weighted by molar-refractivity contribution is 0.311. The van der Waals surface area contributed by atoms with Gasteiger partial charge in [-0.2, -0.15) is 0 Å². The number of methoxy groups -OCH3 is 1. The van der Waals surface area contributed by atoms with Gasteiger partial charge >= 0.3 is 0 Å². The predicted molar refractivity (Wildman–Crippen MR) is 119 cm³/mol. The topological polar surface area (TPSA) is 54.9 Å². The summed E-state index contributed by atoms with van der Waals surface area (Å²) < 4.78 is 10.9. The molecule has 2 N–H and O–H groups in total. The molecule has 0 fully saturated rings. The van der Waals surface area contributed by atoms with Crippen LogP contribution in [0.5, 0.6) is 11.5 Å². The number of guanidine groups is 1. The molecule has 2 rings (SSSR count). The number of nitrogens with zero attached hydrogens (tertiary/aromatic N) is 1. The number of hydrogen-bond acceptors (Lipinski definition) is 3. The number of benzene rings is 2. The van der Waals surface area contributed by atoms with Crippen molar-refractivity contribution in [3.8, 4) is 11.5 Å². The van der Waals surface area contributed by atoms with Crippen molar-refractivity contribution in [1.29, 1.82) is 0 Å². The van der Waals surface area contributed by atoms with E-state index >= 15 is 0 Å². The number of rotatable bonds is 7. The molecular weight excluding hydrogens is 441 g/mol. The summed E-state index contributed by atoms with van der Waals surface area (Å²) >= 11 is 0. The molecule has 0 spiro atoms. The minimum Gasteiger partial charge on any atom is -0.493 e. The summed E-state index contributed by atoms with van der Waals surface area (Å²) in [6.45, 7) is 5.48. The molecule has 5 nitrogen and oxygen atoms in total. The molecule has 0 aliphatic rings. The number of aryl methyl sites for hydroxylation is 1. The maximum atomic E-state index is 5.61. The highest BCUT2D eigenvalue weighted by molar-refractivity contribution is 14.0. The number of ether oxygens (including phenoxy) is 2. The highest BCUT2D eigenvalue weighted by Gasteiger charge is 2.07. The van der Waals surface area contributed by atoms with Crippen molar-refractivity contribution in [3.63, 3.8) is 0 Å². The Balaban J connectivity index is 0.00000338. The largest absolute Gasteiger partial charge is 0.493 e. The van der Waals surface area contributed by atoms with Crippen LogP contribution in [-0.2, 0) is 6.42 Å². The molecule has 0 atom stereocenters. The summed E-state index contributed by atoms with van der Waals surface area (Å²) in [7, 11) is 3.40. The van der Waals surface area contributed by atoms with Gasteiger partial charge in [0, 0.05) is 25.3 Å². The molecule has 0 saturated heterocycles. The minimum absolute atomic E-state index is 0. The third-order valence-corrected chi connectivity index (χ3v) is 3.90. The van der Waals surface area contributed by atoms with E-state index in [2.05, 4.69) is 46.8 Å². The van der Waals surface area contributed by atoms with E-state index in [1.165, 1.54) is 11.1 Å². The van der Waals surface area contributed by atoms with Crippen LogP contribution in [0.1, 0.15) is 18.1 Å². The molecule has 2 aromatic carbocycles. The van der Waals surface area contributed by atoms with Crippen LogP contribution in [0, 0.1) is 6.92 Å². The van der Waals surface area contributed by atoms with Crippen molar-refractivity contribution in [2.24, 2.45) is 4.99 Å². The van der Waals surface area contributed by atoms with Gasteiger partial charge in [-0.05, 0) is 43.5 Å². The van der Waals surface area contributed by atoms with Crippen LogP contribution in [0.15, 0.2) is 47.5 Å². The van der Waals surface area contributed by atoms with Crippen LogP contribution in [0.4, 0.5) is 5.69 Å². The van der Waals surface area contributed by atoms with Crippen molar-refractivity contribution in [2.45, 2.75) is 20.3 Å². The van der Waals surface area contributed by atoms with Crippen molar-refractivity contribution in [3.05, 3.63) is 53.6 Å². The lowest BCUT2D eigenvalue weighted by Gasteiger charge is -2.15. The number of hydrogen-bond donors (Lipinski definition) is 2. The lowest BCUT2D eigenvalue weighted by atomic mass is 10.1. The Kier molecular flexibility index (Phi) is 9.87. The molecule has 0 amide bonds. The number of halogens is 1. The molecule has 2 aromatic rings.